The molecule has 0 radical (unpaired) electrons. The number of amides is 1. The molecule has 2 aromatic carbocycles. The van der Waals surface area contributed by atoms with E-state index < -0.39 is 5.91 Å². The van der Waals surface area contributed by atoms with Gasteiger partial charge < -0.3 is 10.6 Å². The number of rotatable bonds is 4. The smallest absolute Gasteiger partial charge is 0.274 e. The van der Waals surface area contributed by atoms with Crippen molar-refractivity contribution in [1.29, 1.82) is 5.26 Å². The van der Waals surface area contributed by atoms with E-state index >= 15 is 0 Å². The number of nitrogens with one attached hydrogen (secondary N) is 2. The lowest BCUT2D eigenvalue weighted by molar-refractivity contribution is 0.102. The summed E-state index contributed by atoms with van der Waals surface area (Å²) in [6.07, 6.45) is 0. The van der Waals surface area contributed by atoms with Gasteiger partial charge >= 0.3 is 0 Å². The van der Waals surface area contributed by atoms with Crippen molar-refractivity contribution in [3.05, 3.63) is 75.5 Å². The second-order valence-electron chi connectivity index (χ2n) is 5.62. The normalized spacial score (nSPS) is 10.1. The molecule has 0 saturated heterocycles. The third-order valence-electron chi connectivity index (χ3n) is 3.51. The number of hydrogen-bond acceptors (Lipinski definition) is 5. The molecule has 1 heterocycles. The lowest BCUT2D eigenvalue weighted by atomic mass is 10.2. The summed E-state index contributed by atoms with van der Waals surface area (Å²) in [5.74, 6) is -0.155. The van der Waals surface area contributed by atoms with Gasteiger partial charge in [-0.2, -0.15) is 5.26 Å². The zero-order valence-corrected chi connectivity index (χ0v) is 15.6. The monoisotopic (exact) mass is 397 g/mol. The largest absolute Gasteiger partial charge is 0.324 e. The number of anilines is 3. The van der Waals surface area contributed by atoms with Crippen LogP contribution in [0.25, 0.3) is 0 Å². The summed E-state index contributed by atoms with van der Waals surface area (Å²) in [5, 5.41) is 15.5. The van der Waals surface area contributed by atoms with Crippen LogP contribution in [0.15, 0.2) is 48.5 Å². The van der Waals surface area contributed by atoms with E-state index in [2.05, 4.69) is 26.7 Å². The summed E-state index contributed by atoms with van der Waals surface area (Å²) >= 11 is 11.8. The first-order valence-electron chi connectivity index (χ1n) is 7.84. The molecule has 134 valence electrons. The molecule has 3 rings (SSSR count). The molecule has 0 aliphatic heterocycles. The Hall–Kier alpha value is -3.14. The van der Waals surface area contributed by atoms with E-state index in [1.54, 1.807) is 55.5 Å². The molecule has 0 fully saturated rings. The van der Waals surface area contributed by atoms with E-state index in [9.17, 15) is 4.79 Å². The van der Waals surface area contributed by atoms with Crippen LogP contribution in [0.1, 0.15) is 21.7 Å². The van der Waals surface area contributed by atoms with Crippen LogP contribution < -0.4 is 10.6 Å². The Morgan fingerprint density at radius 2 is 1.85 bits per heavy atom. The van der Waals surface area contributed by atoms with Crippen LogP contribution in [-0.4, -0.2) is 15.9 Å². The van der Waals surface area contributed by atoms with Crippen molar-refractivity contribution in [1.82, 2.24) is 9.97 Å². The van der Waals surface area contributed by atoms with Crippen molar-refractivity contribution < 1.29 is 4.79 Å². The molecule has 0 saturated carbocycles. The highest BCUT2D eigenvalue weighted by Gasteiger charge is 2.12. The highest BCUT2D eigenvalue weighted by Crippen LogP contribution is 2.25. The van der Waals surface area contributed by atoms with Gasteiger partial charge in [-0.05, 0) is 49.4 Å². The molecule has 8 heteroatoms. The van der Waals surface area contributed by atoms with Gasteiger partial charge in [-0.25, -0.2) is 9.97 Å². The summed E-state index contributed by atoms with van der Waals surface area (Å²) in [5.41, 5.74) is 2.46. The summed E-state index contributed by atoms with van der Waals surface area (Å²) in [4.78, 5) is 21.0. The average molecular weight is 398 g/mol. The van der Waals surface area contributed by atoms with E-state index in [-0.39, 0.29) is 11.6 Å². The average Bonchev–Trinajstić information content (AvgIpc) is 2.64. The molecule has 0 aliphatic rings. The van der Waals surface area contributed by atoms with E-state index in [4.69, 9.17) is 28.5 Å². The van der Waals surface area contributed by atoms with Crippen LogP contribution in [0.5, 0.6) is 0 Å². The standard InChI is InChI=1S/C19H13Cl2N5O/c1-11-7-17(18(27)24-14-5-6-15(20)16(21)9-14)26-19(23-11)25-13-4-2-3-12(8-13)10-22/h2-9H,1H3,(H,24,27)(H,23,25,26). The van der Waals surface area contributed by atoms with Gasteiger partial charge in [0.15, 0.2) is 0 Å². The quantitative estimate of drug-likeness (QED) is 0.648. The maximum atomic E-state index is 12.5. The predicted octanol–water partition coefficient (Wildman–Crippen LogP) is 4.96. The van der Waals surface area contributed by atoms with Gasteiger partial charge in [0.25, 0.3) is 5.91 Å². The Labute approximate surface area is 165 Å². The van der Waals surface area contributed by atoms with E-state index in [0.29, 0.717) is 32.7 Å². The van der Waals surface area contributed by atoms with E-state index in [1.165, 1.54) is 0 Å². The first kappa shape index (κ1) is 18.6. The fourth-order valence-electron chi connectivity index (χ4n) is 2.31. The SMILES string of the molecule is Cc1cc(C(=O)Nc2ccc(Cl)c(Cl)c2)nc(Nc2cccc(C#N)c2)n1. The van der Waals surface area contributed by atoms with Crippen molar-refractivity contribution >= 4 is 46.4 Å². The molecule has 0 spiro atoms. The Kier molecular flexibility index (Phi) is 5.55. The molecular formula is C19H13Cl2N5O. The van der Waals surface area contributed by atoms with E-state index in [1.807, 2.05) is 0 Å². The molecular weight excluding hydrogens is 385 g/mol. The molecule has 0 atom stereocenters. The molecule has 3 aromatic rings. The summed E-state index contributed by atoms with van der Waals surface area (Å²) in [7, 11) is 0. The Morgan fingerprint density at radius 3 is 2.59 bits per heavy atom. The molecule has 0 unspecified atom stereocenters. The van der Waals surface area contributed by atoms with Crippen molar-refractivity contribution in [3.63, 3.8) is 0 Å². The number of benzene rings is 2. The van der Waals surface area contributed by atoms with Gasteiger partial charge in [-0.3, -0.25) is 4.79 Å². The highest BCUT2D eigenvalue weighted by atomic mass is 35.5. The van der Waals surface area contributed by atoms with Crippen LogP contribution in [0.2, 0.25) is 10.0 Å². The Balaban J connectivity index is 1.82. The first-order chi connectivity index (χ1) is 12.9. The molecule has 6 nitrogen and oxygen atoms in total. The summed E-state index contributed by atoms with van der Waals surface area (Å²) in [6.45, 7) is 1.76. The van der Waals surface area contributed by atoms with Gasteiger partial charge in [0.1, 0.15) is 5.69 Å². The second kappa shape index (κ2) is 8.04. The zero-order valence-electron chi connectivity index (χ0n) is 14.1. The molecule has 0 bridgehead atoms. The lowest BCUT2D eigenvalue weighted by Gasteiger charge is -2.09. The van der Waals surface area contributed by atoms with Gasteiger partial charge in [-0.15, -0.1) is 0 Å². The maximum Gasteiger partial charge on any atom is 0.274 e. The molecule has 1 amide bonds. The number of nitriles is 1. The fourth-order valence-corrected chi connectivity index (χ4v) is 2.60. The van der Waals surface area contributed by atoms with Gasteiger partial charge in [0, 0.05) is 17.1 Å². The topological polar surface area (TPSA) is 90.7 Å². The Bertz CT molecular complexity index is 1060. The molecule has 1 aromatic heterocycles. The molecule has 0 aliphatic carbocycles. The molecule has 27 heavy (non-hydrogen) atoms. The van der Waals surface area contributed by atoms with Gasteiger partial charge in [0.05, 0.1) is 21.7 Å². The number of carbonyl (C=O) groups excluding carboxylic acids is 1. The number of aryl methyl sites for hydroxylation is 1. The molecule has 2 N–H and O–H groups in total. The number of nitrogens with zero attached hydrogens (tertiary/aromatic N) is 3. The summed E-state index contributed by atoms with van der Waals surface area (Å²) in [6, 6.07) is 15.3. The van der Waals surface area contributed by atoms with Crippen molar-refractivity contribution in [2.75, 3.05) is 10.6 Å². The zero-order chi connectivity index (χ0) is 19.4. The third-order valence-corrected chi connectivity index (χ3v) is 4.25. The van der Waals surface area contributed by atoms with Crippen LogP contribution >= 0.6 is 23.2 Å². The minimum absolute atomic E-state index is 0.188. The van der Waals surface area contributed by atoms with E-state index in [0.717, 1.165) is 0 Å². The number of carbonyl (C=O) groups is 1. The number of hydrogen-bond donors (Lipinski definition) is 2. The number of halogens is 2. The first-order valence-corrected chi connectivity index (χ1v) is 8.59. The van der Waals surface area contributed by atoms with Gasteiger partial charge in [0.2, 0.25) is 5.95 Å². The van der Waals surface area contributed by atoms with Crippen LogP contribution in [0, 0.1) is 18.3 Å². The van der Waals surface area contributed by atoms with Crippen LogP contribution in [0.4, 0.5) is 17.3 Å². The van der Waals surface area contributed by atoms with Crippen molar-refractivity contribution in [2.24, 2.45) is 0 Å². The van der Waals surface area contributed by atoms with Gasteiger partial charge in [-0.1, -0.05) is 29.3 Å². The highest BCUT2D eigenvalue weighted by molar-refractivity contribution is 6.42. The minimum atomic E-state index is -0.410. The minimum Gasteiger partial charge on any atom is -0.324 e. The second-order valence-corrected chi connectivity index (χ2v) is 6.43. The lowest BCUT2D eigenvalue weighted by Crippen LogP contribution is -2.15. The Morgan fingerprint density at radius 1 is 1.04 bits per heavy atom. The third kappa shape index (κ3) is 4.73. The maximum absolute atomic E-state index is 12.5. The van der Waals surface area contributed by atoms with Crippen LogP contribution in [-0.2, 0) is 0 Å². The fraction of sp³-hybridized carbons (Fsp3) is 0.0526. The summed E-state index contributed by atoms with van der Waals surface area (Å²) < 4.78 is 0. The predicted molar refractivity (Wildman–Crippen MR) is 106 cm³/mol. The van der Waals surface area contributed by atoms with Crippen molar-refractivity contribution in [2.45, 2.75) is 6.92 Å². The van der Waals surface area contributed by atoms with Crippen LogP contribution in [0.3, 0.4) is 0 Å². The number of aromatic nitrogens is 2. The van der Waals surface area contributed by atoms with Crippen molar-refractivity contribution in [3.8, 4) is 6.07 Å².